The zero-order valence-corrected chi connectivity index (χ0v) is 10.2. The molecule has 0 bridgehead atoms. The summed E-state index contributed by atoms with van der Waals surface area (Å²) in [7, 11) is 0. The van der Waals surface area contributed by atoms with E-state index in [1.165, 1.54) is 6.42 Å². The fourth-order valence-corrected chi connectivity index (χ4v) is 2.53. The quantitative estimate of drug-likeness (QED) is 0.581. The van der Waals surface area contributed by atoms with Crippen molar-refractivity contribution in [3.05, 3.63) is 0 Å². The largest absolute Gasteiger partial charge is 0.391 e. The zero-order chi connectivity index (χ0) is 12.1. The Bertz CT molecular complexity index is 200. The molecule has 5 heteroatoms. The van der Waals surface area contributed by atoms with Crippen molar-refractivity contribution in [2.24, 2.45) is 5.41 Å². The second kappa shape index (κ2) is 6.15. The van der Waals surface area contributed by atoms with Crippen LogP contribution in [0.1, 0.15) is 38.5 Å². The van der Waals surface area contributed by atoms with Crippen LogP contribution in [-0.4, -0.2) is 25.1 Å². The molecule has 1 saturated carbocycles. The molecule has 0 spiro atoms. The fourth-order valence-electron chi connectivity index (χ4n) is 2.13. The molecule has 0 aliphatic heterocycles. The average molecular weight is 256 g/mol. The van der Waals surface area contributed by atoms with E-state index in [0.29, 0.717) is 12.4 Å². The van der Waals surface area contributed by atoms with Crippen molar-refractivity contribution < 1.29 is 17.9 Å². The molecule has 96 valence electrons. The maximum absolute atomic E-state index is 11.9. The molecule has 1 nitrogen and oxygen atoms in total. The van der Waals surface area contributed by atoms with E-state index < -0.39 is 12.6 Å². The SMILES string of the molecule is FC(F)(F)CCOCC1(CS)CCCCC1. The van der Waals surface area contributed by atoms with Crippen molar-refractivity contribution in [3.8, 4) is 0 Å². The first-order valence-electron chi connectivity index (χ1n) is 5.73. The highest BCUT2D eigenvalue weighted by Crippen LogP contribution is 2.37. The first kappa shape index (κ1) is 14.2. The van der Waals surface area contributed by atoms with Gasteiger partial charge in [0, 0.05) is 5.41 Å². The summed E-state index contributed by atoms with van der Waals surface area (Å²) in [4.78, 5) is 0. The van der Waals surface area contributed by atoms with Gasteiger partial charge in [0.2, 0.25) is 0 Å². The standard InChI is InChI=1S/C11H19F3OS/c12-11(13,14)6-7-15-8-10(9-16)4-2-1-3-5-10/h16H,1-9H2. The van der Waals surface area contributed by atoms with Gasteiger partial charge in [0.1, 0.15) is 0 Å². The van der Waals surface area contributed by atoms with Crippen LogP contribution in [0.5, 0.6) is 0 Å². The Kier molecular flexibility index (Phi) is 5.44. The van der Waals surface area contributed by atoms with Gasteiger partial charge >= 0.3 is 6.18 Å². The number of thiol groups is 1. The molecular formula is C11H19F3OS. The Labute approximate surface area is 100 Å². The lowest BCUT2D eigenvalue weighted by molar-refractivity contribution is -0.147. The van der Waals surface area contributed by atoms with Crippen molar-refractivity contribution >= 4 is 12.6 Å². The smallest absolute Gasteiger partial charge is 0.380 e. The molecule has 1 aliphatic carbocycles. The number of alkyl halides is 3. The molecule has 0 aromatic heterocycles. The first-order valence-corrected chi connectivity index (χ1v) is 6.36. The highest BCUT2D eigenvalue weighted by Gasteiger charge is 2.32. The zero-order valence-electron chi connectivity index (χ0n) is 9.35. The van der Waals surface area contributed by atoms with Gasteiger partial charge in [-0.15, -0.1) is 0 Å². The monoisotopic (exact) mass is 256 g/mol. The van der Waals surface area contributed by atoms with Gasteiger partial charge in [0.05, 0.1) is 19.6 Å². The molecule has 1 fully saturated rings. The predicted octanol–water partition coefficient (Wildman–Crippen LogP) is 3.84. The van der Waals surface area contributed by atoms with Crippen molar-refractivity contribution in [2.45, 2.75) is 44.7 Å². The molecule has 0 radical (unpaired) electrons. The third-order valence-corrected chi connectivity index (χ3v) is 3.86. The minimum Gasteiger partial charge on any atom is -0.380 e. The van der Waals surface area contributed by atoms with Gasteiger partial charge in [-0.3, -0.25) is 0 Å². The molecule has 0 aromatic carbocycles. The fraction of sp³-hybridized carbons (Fsp3) is 1.00. The Morgan fingerprint density at radius 2 is 1.75 bits per heavy atom. The topological polar surface area (TPSA) is 9.23 Å². The lowest BCUT2D eigenvalue weighted by Gasteiger charge is -2.35. The van der Waals surface area contributed by atoms with E-state index >= 15 is 0 Å². The van der Waals surface area contributed by atoms with Crippen LogP contribution in [-0.2, 0) is 4.74 Å². The Hall–Kier alpha value is 0.100. The molecule has 0 unspecified atom stereocenters. The van der Waals surface area contributed by atoms with Gasteiger partial charge in [-0.2, -0.15) is 25.8 Å². The van der Waals surface area contributed by atoms with E-state index in [9.17, 15) is 13.2 Å². The summed E-state index contributed by atoms with van der Waals surface area (Å²) < 4.78 is 40.9. The summed E-state index contributed by atoms with van der Waals surface area (Å²) in [6.07, 6.45) is 0.603. The number of hydrogen-bond donors (Lipinski definition) is 1. The van der Waals surface area contributed by atoms with Gasteiger partial charge < -0.3 is 4.74 Å². The number of ether oxygens (including phenoxy) is 1. The van der Waals surface area contributed by atoms with Crippen LogP contribution in [0, 0.1) is 5.41 Å². The predicted molar refractivity (Wildman–Crippen MR) is 60.9 cm³/mol. The Balaban J connectivity index is 2.23. The summed E-state index contributed by atoms with van der Waals surface area (Å²) in [5.74, 6) is 0.707. The molecule has 0 atom stereocenters. The van der Waals surface area contributed by atoms with Gasteiger partial charge in [-0.1, -0.05) is 19.3 Å². The van der Waals surface area contributed by atoms with Crippen molar-refractivity contribution in [3.63, 3.8) is 0 Å². The van der Waals surface area contributed by atoms with E-state index in [1.807, 2.05) is 0 Å². The lowest BCUT2D eigenvalue weighted by atomic mass is 9.76. The molecule has 0 saturated heterocycles. The van der Waals surface area contributed by atoms with Crippen molar-refractivity contribution in [1.82, 2.24) is 0 Å². The van der Waals surface area contributed by atoms with Crippen molar-refractivity contribution in [2.75, 3.05) is 19.0 Å². The van der Waals surface area contributed by atoms with E-state index in [2.05, 4.69) is 12.6 Å². The summed E-state index contributed by atoms with van der Waals surface area (Å²) >= 11 is 4.31. The minimum absolute atomic E-state index is 0.0208. The van der Waals surface area contributed by atoms with Crippen LogP contribution in [0.15, 0.2) is 0 Å². The highest BCUT2D eigenvalue weighted by atomic mass is 32.1. The third-order valence-electron chi connectivity index (χ3n) is 3.19. The number of hydrogen-bond acceptors (Lipinski definition) is 2. The van der Waals surface area contributed by atoms with Crippen LogP contribution in [0.25, 0.3) is 0 Å². The molecular weight excluding hydrogens is 237 g/mol. The second-order valence-corrected chi connectivity index (χ2v) is 4.95. The summed E-state index contributed by atoms with van der Waals surface area (Å²) in [5, 5.41) is 0. The lowest BCUT2D eigenvalue weighted by Crippen LogP contribution is -2.32. The Morgan fingerprint density at radius 1 is 1.12 bits per heavy atom. The molecule has 0 aromatic rings. The van der Waals surface area contributed by atoms with Gasteiger partial charge in [-0.05, 0) is 18.6 Å². The molecule has 0 N–H and O–H groups in total. The summed E-state index contributed by atoms with van der Waals surface area (Å²) in [5.41, 5.74) is 0.0208. The number of rotatable bonds is 5. The second-order valence-electron chi connectivity index (χ2n) is 4.64. The molecule has 16 heavy (non-hydrogen) atoms. The van der Waals surface area contributed by atoms with Crippen LogP contribution in [0.2, 0.25) is 0 Å². The van der Waals surface area contributed by atoms with Crippen LogP contribution in [0.4, 0.5) is 13.2 Å². The molecule has 1 rings (SSSR count). The highest BCUT2D eigenvalue weighted by molar-refractivity contribution is 7.80. The first-order chi connectivity index (χ1) is 7.47. The van der Waals surface area contributed by atoms with Gasteiger partial charge in [0.25, 0.3) is 0 Å². The third kappa shape index (κ3) is 4.95. The van der Waals surface area contributed by atoms with Crippen LogP contribution in [0.3, 0.4) is 0 Å². The van der Waals surface area contributed by atoms with Crippen molar-refractivity contribution in [1.29, 1.82) is 0 Å². The normalized spacial score (nSPS) is 21.0. The van der Waals surface area contributed by atoms with Crippen LogP contribution >= 0.6 is 12.6 Å². The Morgan fingerprint density at radius 3 is 2.25 bits per heavy atom. The van der Waals surface area contributed by atoms with E-state index in [-0.39, 0.29) is 12.0 Å². The minimum atomic E-state index is -4.11. The van der Waals surface area contributed by atoms with Crippen LogP contribution < -0.4 is 0 Å². The van der Waals surface area contributed by atoms with E-state index in [1.54, 1.807) is 0 Å². The summed E-state index contributed by atoms with van der Waals surface area (Å²) in [6, 6.07) is 0. The maximum atomic E-state index is 11.9. The summed E-state index contributed by atoms with van der Waals surface area (Å²) in [6.45, 7) is 0.200. The molecule has 1 aliphatic rings. The van der Waals surface area contributed by atoms with Gasteiger partial charge in [0.15, 0.2) is 0 Å². The molecule has 0 heterocycles. The average Bonchev–Trinajstić information content (AvgIpc) is 2.25. The van der Waals surface area contributed by atoms with E-state index in [0.717, 1.165) is 25.7 Å². The van der Waals surface area contributed by atoms with E-state index in [4.69, 9.17) is 4.74 Å². The maximum Gasteiger partial charge on any atom is 0.391 e. The number of halogens is 3. The molecule has 0 amide bonds. The van der Waals surface area contributed by atoms with Gasteiger partial charge in [-0.25, -0.2) is 0 Å².